The van der Waals surface area contributed by atoms with Crippen molar-refractivity contribution in [1.82, 2.24) is 25.1 Å². The van der Waals surface area contributed by atoms with Crippen molar-refractivity contribution in [3.8, 4) is 0 Å². The second kappa shape index (κ2) is 11.6. The lowest BCUT2D eigenvalue weighted by Crippen LogP contribution is -2.46. The zero-order valence-electron chi connectivity index (χ0n) is 20.2. The number of methoxy groups -OCH3 is 1. The van der Waals surface area contributed by atoms with Gasteiger partial charge in [-0.1, -0.05) is 6.07 Å². The number of aryl methyl sites for hydroxylation is 1. The number of benzene rings is 2. The van der Waals surface area contributed by atoms with Gasteiger partial charge in [0, 0.05) is 57.8 Å². The molecule has 13 heteroatoms. The molecule has 1 aromatic heterocycles. The monoisotopic (exact) mass is 496 g/mol. The summed E-state index contributed by atoms with van der Waals surface area (Å²) in [4.78, 5) is 27.9. The zero-order valence-corrected chi connectivity index (χ0v) is 20.2. The maximum Gasteiger partial charge on any atom is 0.338 e. The van der Waals surface area contributed by atoms with Gasteiger partial charge in [0.05, 0.1) is 23.6 Å². The van der Waals surface area contributed by atoms with E-state index in [1.807, 2.05) is 31.3 Å². The minimum Gasteiger partial charge on any atom is -0.460 e. The molecule has 2 aromatic carbocycles. The molecule has 0 unspecified atom stereocenters. The van der Waals surface area contributed by atoms with Crippen molar-refractivity contribution in [2.45, 2.75) is 6.54 Å². The lowest BCUT2D eigenvalue weighted by Gasteiger charge is -2.35. The van der Waals surface area contributed by atoms with Crippen molar-refractivity contribution in [1.29, 1.82) is 0 Å². The molecule has 3 aromatic rings. The van der Waals surface area contributed by atoms with Gasteiger partial charge in [0.1, 0.15) is 12.3 Å². The van der Waals surface area contributed by atoms with Gasteiger partial charge in [-0.3, -0.25) is 15.0 Å². The summed E-state index contributed by atoms with van der Waals surface area (Å²) in [6.45, 7) is 4.39. The van der Waals surface area contributed by atoms with Crippen LogP contribution in [0.1, 0.15) is 16.2 Å². The van der Waals surface area contributed by atoms with Crippen LogP contribution in [0.4, 0.5) is 22.7 Å². The molecule has 2 heterocycles. The van der Waals surface area contributed by atoms with Gasteiger partial charge in [-0.25, -0.2) is 9.48 Å². The summed E-state index contributed by atoms with van der Waals surface area (Å²) in [6, 6.07) is 11.9. The number of piperazine rings is 1. The summed E-state index contributed by atoms with van der Waals surface area (Å²) in [5.74, 6) is 0.184. The number of carbonyl (C=O) groups excluding carboxylic acids is 1. The molecule has 0 atom stereocenters. The molecule has 190 valence electrons. The topological polar surface area (TPSA) is 141 Å². The minimum atomic E-state index is -0.640. The van der Waals surface area contributed by atoms with Crippen LogP contribution in [-0.4, -0.2) is 82.5 Å². The van der Waals surface area contributed by atoms with Gasteiger partial charge in [-0.2, -0.15) is 0 Å². The molecule has 1 aliphatic rings. The van der Waals surface area contributed by atoms with Gasteiger partial charge in [-0.15, -0.1) is 5.10 Å². The number of nitro groups is 1. The molecule has 1 aliphatic heterocycles. The molecule has 1 N–H and O–H groups in total. The van der Waals surface area contributed by atoms with E-state index in [-0.39, 0.29) is 30.2 Å². The Morgan fingerprint density at radius 2 is 1.94 bits per heavy atom. The Morgan fingerprint density at radius 3 is 2.64 bits per heavy atom. The molecule has 0 spiro atoms. The largest absolute Gasteiger partial charge is 0.460 e. The van der Waals surface area contributed by atoms with Gasteiger partial charge in [-0.05, 0) is 40.8 Å². The Bertz CT molecular complexity index is 1210. The van der Waals surface area contributed by atoms with Crippen LogP contribution in [0.2, 0.25) is 0 Å². The van der Waals surface area contributed by atoms with Crippen LogP contribution >= 0.6 is 0 Å². The second-order valence-electron chi connectivity index (χ2n) is 8.28. The van der Waals surface area contributed by atoms with E-state index in [2.05, 4.69) is 30.6 Å². The first kappa shape index (κ1) is 25.0. The van der Waals surface area contributed by atoms with Gasteiger partial charge >= 0.3 is 5.97 Å². The van der Waals surface area contributed by atoms with Crippen LogP contribution in [0.25, 0.3) is 0 Å². The Kier molecular flexibility index (Phi) is 8.02. The summed E-state index contributed by atoms with van der Waals surface area (Å²) < 4.78 is 11.6. The summed E-state index contributed by atoms with van der Waals surface area (Å²) in [5, 5.41) is 26.4. The number of esters is 1. The van der Waals surface area contributed by atoms with E-state index >= 15 is 0 Å². The molecule has 0 radical (unpaired) electrons. The quantitative estimate of drug-likeness (QED) is 0.191. The number of aromatic nitrogens is 4. The molecule has 0 bridgehead atoms. The van der Waals surface area contributed by atoms with Gasteiger partial charge in [0.2, 0.25) is 0 Å². The van der Waals surface area contributed by atoms with Crippen LogP contribution in [0, 0.1) is 10.1 Å². The summed E-state index contributed by atoms with van der Waals surface area (Å²) >= 11 is 0. The summed E-state index contributed by atoms with van der Waals surface area (Å²) in [5.41, 5.74) is 1.90. The van der Waals surface area contributed by atoms with Gasteiger partial charge in [0.25, 0.3) is 5.69 Å². The predicted octanol–water partition coefficient (Wildman–Crippen LogP) is 1.99. The minimum absolute atomic E-state index is 0.0710. The van der Waals surface area contributed by atoms with Crippen LogP contribution in [0.3, 0.4) is 0 Å². The maximum atomic E-state index is 12.2. The number of nitrogens with zero attached hydrogens (tertiary/aromatic N) is 7. The highest BCUT2D eigenvalue weighted by Gasteiger charge is 2.21. The number of nitro benzene ring substituents is 1. The van der Waals surface area contributed by atoms with Crippen molar-refractivity contribution in [3.05, 3.63) is 64.0 Å². The Balaban J connectivity index is 1.41. The maximum absolute atomic E-state index is 12.2. The molecule has 13 nitrogen and oxygen atoms in total. The van der Waals surface area contributed by atoms with Crippen molar-refractivity contribution in [2.75, 3.05) is 56.7 Å². The lowest BCUT2D eigenvalue weighted by atomic mass is 10.1. The number of ether oxygens (including phenoxy) is 2. The average molecular weight is 497 g/mol. The smallest absolute Gasteiger partial charge is 0.338 e. The highest BCUT2D eigenvalue weighted by Crippen LogP contribution is 2.30. The highest BCUT2D eigenvalue weighted by atomic mass is 16.6. The molecule has 36 heavy (non-hydrogen) atoms. The first-order valence-corrected chi connectivity index (χ1v) is 11.4. The molecule has 0 amide bonds. The number of tetrazole rings is 1. The summed E-state index contributed by atoms with van der Waals surface area (Å²) in [6.07, 6.45) is 0. The first-order chi connectivity index (χ1) is 17.4. The van der Waals surface area contributed by atoms with Crippen LogP contribution < -0.4 is 10.2 Å². The third kappa shape index (κ3) is 6.12. The SMILES string of the molecule is COCCOC(=O)c1ccc(Nc2cccc(N3CCN(Cc4nnnn4C)CC3)c2)c([N+](=O)[O-])c1. The van der Waals surface area contributed by atoms with E-state index < -0.39 is 10.9 Å². The molecular weight excluding hydrogens is 468 g/mol. The van der Waals surface area contributed by atoms with E-state index in [1.54, 1.807) is 4.68 Å². The predicted molar refractivity (Wildman–Crippen MR) is 131 cm³/mol. The first-order valence-electron chi connectivity index (χ1n) is 11.4. The third-order valence-corrected chi connectivity index (χ3v) is 5.89. The standard InChI is InChI=1S/C23H28N8O5/c1-28-22(25-26-27-28)16-29-8-10-30(11-9-29)19-5-3-4-18(15-19)24-20-7-6-17(14-21(20)31(33)34)23(32)36-13-12-35-2/h3-7,14-15,24H,8-13,16H2,1-2H3. The highest BCUT2D eigenvalue weighted by molar-refractivity contribution is 5.91. The van der Waals surface area contributed by atoms with Crippen molar-refractivity contribution < 1.29 is 19.2 Å². The number of hydrogen-bond donors (Lipinski definition) is 1. The lowest BCUT2D eigenvalue weighted by molar-refractivity contribution is -0.383. The fraction of sp³-hybridized carbons (Fsp3) is 0.391. The van der Waals surface area contributed by atoms with Crippen molar-refractivity contribution in [2.24, 2.45) is 7.05 Å². The number of nitrogens with one attached hydrogen (secondary N) is 1. The van der Waals surface area contributed by atoms with Crippen molar-refractivity contribution in [3.63, 3.8) is 0 Å². The summed E-state index contributed by atoms with van der Waals surface area (Å²) in [7, 11) is 3.32. The van der Waals surface area contributed by atoms with Crippen LogP contribution in [0.15, 0.2) is 42.5 Å². The number of carbonyl (C=O) groups is 1. The third-order valence-electron chi connectivity index (χ3n) is 5.89. The van der Waals surface area contributed by atoms with Gasteiger partial charge in [0.15, 0.2) is 5.82 Å². The van der Waals surface area contributed by atoms with Crippen LogP contribution in [0.5, 0.6) is 0 Å². The molecule has 1 saturated heterocycles. The number of anilines is 3. The number of rotatable bonds is 10. The molecular formula is C23H28N8O5. The zero-order chi connectivity index (χ0) is 25.5. The Labute approximate surface area is 207 Å². The van der Waals surface area contributed by atoms with E-state index in [9.17, 15) is 14.9 Å². The van der Waals surface area contributed by atoms with Crippen molar-refractivity contribution >= 4 is 28.7 Å². The van der Waals surface area contributed by atoms with E-state index in [0.717, 1.165) is 37.7 Å². The molecule has 0 aliphatic carbocycles. The fourth-order valence-electron chi connectivity index (χ4n) is 3.90. The van der Waals surface area contributed by atoms with E-state index in [0.29, 0.717) is 12.2 Å². The van der Waals surface area contributed by atoms with E-state index in [4.69, 9.17) is 9.47 Å². The Hall–Kier alpha value is -4.10. The van der Waals surface area contributed by atoms with Gasteiger partial charge < -0.3 is 19.7 Å². The fourth-order valence-corrected chi connectivity index (χ4v) is 3.90. The van der Waals surface area contributed by atoms with E-state index in [1.165, 1.54) is 25.3 Å². The molecule has 4 rings (SSSR count). The Morgan fingerprint density at radius 1 is 1.14 bits per heavy atom. The second-order valence-corrected chi connectivity index (χ2v) is 8.28. The average Bonchev–Trinajstić information content (AvgIpc) is 3.29. The molecule has 1 fully saturated rings. The number of hydrogen-bond acceptors (Lipinski definition) is 11. The van der Waals surface area contributed by atoms with Crippen LogP contribution in [-0.2, 0) is 23.1 Å². The normalized spacial score (nSPS) is 14.0. The molecule has 0 saturated carbocycles.